The van der Waals surface area contributed by atoms with Gasteiger partial charge in [0.25, 0.3) is 0 Å². The Labute approximate surface area is 168 Å². The fraction of sp³-hybridized carbons (Fsp3) is 0.450. The highest BCUT2D eigenvalue weighted by Crippen LogP contribution is 2.28. The first-order valence-corrected chi connectivity index (χ1v) is 10.2. The summed E-state index contributed by atoms with van der Waals surface area (Å²) in [4.78, 5) is 32.6. The third kappa shape index (κ3) is 4.44. The smallest absolute Gasteiger partial charge is 0.228 e. The van der Waals surface area contributed by atoms with Crippen molar-refractivity contribution < 1.29 is 19.1 Å². The lowest BCUT2D eigenvalue weighted by Crippen LogP contribution is -2.31. The van der Waals surface area contributed by atoms with Gasteiger partial charge in [0.05, 0.1) is 26.3 Å². The van der Waals surface area contributed by atoms with E-state index in [0.29, 0.717) is 48.4 Å². The average Bonchev–Trinajstić information content (AvgIpc) is 3.34. The summed E-state index contributed by atoms with van der Waals surface area (Å²) >= 11 is 1.42. The highest BCUT2D eigenvalue weighted by molar-refractivity contribution is 7.14. The van der Waals surface area contributed by atoms with Gasteiger partial charge in [0.2, 0.25) is 11.8 Å². The fourth-order valence-corrected chi connectivity index (χ4v) is 4.06. The molecule has 1 aromatic carbocycles. The molecule has 1 aromatic heterocycles. The second-order valence-electron chi connectivity index (χ2n) is 6.54. The molecule has 0 spiro atoms. The number of rotatable bonds is 8. The summed E-state index contributed by atoms with van der Waals surface area (Å²) in [6.45, 7) is 3.74. The van der Waals surface area contributed by atoms with Crippen molar-refractivity contribution in [1.82, 2.24) is 9.88 Å². The minimum absolute atomic E-state index is 0.00174. The first-order chi connectivity index (χ1) is 13.5. The minimum Gasteiger partial charge on any atom is -0.493 e. The van der Waals surface area contributed by atoms with Gasteiger partial charge in [-0.25, -0.2) is 4.98 Å². The number of anilines is 1. The first-order valence-electron chi connectivity index (χ1n) is 9.29. The molecule has 0 unspecified atom stereocenters. The number of likely N-dealkylation sites (N-methyl/N-ethyl adjacent to an activating group) is 1. The van der Waals surface area contributed by atoms with E-state index in [1.54, 1.807) is 24.0 Å². The normalized spacial score (nSPS) is 13.7. The number of nitrogens with zero attached hydrogens (tertiary/aromatic N) is 3. The molecule has 1 aliphatic heterocycles. The van der Waals surface area contributed by atoms with Crippen LogP contribution in [-0.4, -0.2) is 49.0 Å². The molecule has 0 radical (unpaired) electrons. The van der Waals surface area contributed by atoms with Gasteiger partial charge in [-0.05, 0) is 31.0 Å². The van der Waals surface area contributed by atoms with Crippen LogP contribution in [0.1, 0.15) is 31.0 Å². The van der Waals surface area contributed by atoms with Gasteiger partial charge < -0.3 is 14.4 Å². The molecule has 3 rings (SSSR count). The molecular weight excluding hydrogens is 378 g/mol. The summed E-state index contributed by atoms with van der Waals surface area (Å²) in [6.07, 6.45) is 1.66. The number of amides is 2. The van der Waals surface area contributed by atoms with E-state index >= 15 is 0 Å². The van der Waals surface area contributed by atoms with Crippen molar-refractivity contribution in [2.45, 2.75) is 32.7 Å². The molecule has 1 aliphatic rings. The molecule has 2 amide bonds. The van der Waals surface area contributed by atoms with Crippen LogP contribution in [0.2, 0.25) is 0 Å². The van der Waals surface area contributed by atoms with Gasteiger partial charge in [0, 0.05) is 31.4 Å². The molecular formula is C20H25N3O4S. The number of hydrogen-bond donors (Lipinski definition) is 0. The maximum atomic E-state index is 12.8. The Morgan fingerprint density at radius 1 is 1.29 bits per heavy atom. The predicted molar refractivity (Wildman–Crippen MR) is 108 cm³/mol. The van der Waals surface area contributed by atoms with Gasteiger partial charge in [0.15, 0.2) is 16.6 Å². The number of carbonyl (C=O) groups is 2. The topological polar surface area (TPSA) is 72.0 Å². The SMILES string of the molecule is CCN(Cc1ccc(OC)c(OC)c1)C(=O)Cc1csc(N2CCCC2=O)n1. The molecule has 0 atom stereocenters. The molecule has 2 heterocycles. The standard InChI is InChI=1S/C20H25N3O4S/c1-4-22(12-14-7-8-16(26-2)17(10-14)27-3)19(25)11-15-13-28-20(21-15)23-9-5-6-18(23)24/h7-8,10,13H,4-6,9,11-12H2,1-3H3. The largest absolute Gasteiger partial charge is 0.493 e. The number of hydrogen-bond acceptors (Lipinski definition) is 6. The third-order valence-corrected chi connectivity index (χ3v) is 5.64. The van der Waals surface area contributed by atoms with E-state index in [0.717, 1.165) is 12.0 Å². The lowest BCUT2D eigenvalue weighted by molar-refractivity contribution is -0.130. The predicted octanol–water partition coefficient (Wildman–Crippen LogP) is 2.88. The monoisotopic (exact) mass is 403 g/mol. The maximum Gasteiger partial charge on any atom is 0.228 e. The lowest BCUT2D eigenvalue weighted by Gasteiger charge is -2.21. The van der Waals surface area contributed by atoms with Gasteiger partial charge in [0.1, 0.15) is 0 Å². The van der Waals surface area contributed by atoms with Crippen LogP contribution in [0.3, 0.4) is 0 Å². The zero-order valence-electron chi connectivity index (χ0n) is 16.4. The number of benzene rings is 1. The lowest BCUT2D eigenvalue weighted by atomic mass is 10.1. The molecule has 7 nitrogen and oxygen atoms in total. The Morgan fingerprint density at radius 3 is 2.71 bits per heavy atom. The Bertz CT molecular complexity index is 852. The molecule has 2 aromatic rings. The van der Waals surface area contributed by atoms with Gasteiger partial charge in [-0.3, -0.25) is 14.5 Å². The van der Waals surface area contributed by atoms with Crippen molar-refractivity contribution >= 4 is 28.3 Å². The number of aromatic nitrogens is 1. The Morgan fingerprint density at radius 2 is 2.07 bits per heavy atom. The van der Waals surface area contributed by atoms with Crippen molar-refractivity contribution in [3.8, 4) is 11.5 Å². The Kier molecular flexibility index (Phi) is 6.51. The van der Waals surface area contributed by atoms with Crippen molar-refractivity contribution in [2.24, 2.45) is 0 Å². The molecule has 8 heteroatoms. The van der Waals surface area contributed by atoms with Gasteiger partial charge in [-0.1, -0.05) is 6.07 Å². The molecule has 0 bridgehead atoms. The van der Waals surface area contributed by atoms with Crippen LogP contribution in [0, 0.1) is 0 Å². The van der Waals surface area contributed by atoms with Crippen LogP contribution in [0.25, 0.3) is 0 Å². The van der Waals surface area contributed by atoms with Crippen molar-refractivity contribution in [1.29, 1.82) is 0 Å². The number of methoxy groups -OCH3 is 2. The van der Waals surface area contributed by atoms with Crippen LogP contribution in [-0.2, 0) is 22.6 Å². The van der Waals surface area contributed by atoms with E-state index in [9.17, 15) is 9.59 Å². The summed E-state index contributed by atoms with van der Waals surface area (Å²) in [5, 5.41) is 2.55. The summed E-state index contributed by atoms with van der Waals surface area (Å²) < 4.78 is 10.6. The molecule has 0 saturated carbocycles. The average molecular weight is 404 g/mol. The highest BCUT2D eigenvalue weighted by atomic mass is 32.1. The van der Waals surface area contributed by atoms with Gasteiger partial charge >= 0.3 is 0 Å². The second-order valence-corrected chi connectivity index (χ2v) is 7.38. The molecule has 1 fully saturated rings. The molecule has 0 N–H and O–H groups in total. The fourth-order valence-electron chi connectivity index (χ4n) is 3.19. The van der Waals surface area contributed by atoms with Crippen LogP contribution < -0.4 is 14.4 Å². The minimum atomic E-state index is 0.00174. The van der Waals surface area contributed by atoms with E-state index in [4.69, 9.17) is 9.47 Å². The number of thiazole rings is 1. The van der Waals surface area contributed by atoms with Crippen LogP contribution in [0.4, 0.5) is 5.13 Å². The van der Waals surface area contributed by atoms with E-state index in [1.807, 2.05) is 30.5 Å². The number of carbonyl (C=O) groups excluding carboxylic acids is 2. The van der Waals surface area contributed by atoms with E-state index < -0.39 is 0 Å². The van der Waals surface area contributed by atoms with Gasteiger partial charge in [-0.2, -0.15) is 0 Å². The Balaban J connectivity index is 1.65. The third-order valence-electron chi connectivity index (χ3n) is 4.73. The summed E-state index contributed by atoms with van der Waals surface area (Å²) in [5.41, 5.74) is 1.67. The van der Waals surface area contributed by atoms with Gasteiger partial charge in [-0.15, -0.1) is 11.3 Å². The zero-order chi connectivity index (χ0) is 20.1. The highest BCUT2D eigenvalue weighted by Gasteiger charge is 2.25. The quantitative estimate of drug-likeness (QED) is 0.678. The summed E-state index contributed by atoms with van der Waals surface area (Å²) in [7, 11) is 3.19. The molecule has 0 aliphatic carbocycles. The molecule has 150 valence electrons. The van der Waals surface area contributed by atoms with Crippen LogP contribution in [0.5, 0.6) is 11.5 Å². The van der Waals surface area contributed by atoms with E-state index in [1.165, 1.54) is 11.3 Å². The molecule has 1 saturated heterocycles. The van der Waals surface area contributed by atoms with Crippen molar-refractivity contribution in [2.75, 3.05) is 32.2 Å². The van der Waals surface area contributed by atoms with Crippen LogP contribution in [0.15, 0.2) is 23.6 Å². The zero-order valence-corrected chi connectivity index (χ0v) is 17.3. The number of ether oxygens (including phenoxy) is 2. The maximum absolute atomic E-state index is 12.8. The van der Waals surface area contributed by atoms with E-state index in [-0.39, 0.29) is 18.2 Å². The van der Waals surface area contributed by atoms with Crippen molar-refractivity contribution in [3.05, 3.63) is 34.8 Å². The van der Waals surface area contributed by atoms with Crippen LogP contribution >= 0.6 is 11.3 Å². The van der Waals surface area contributed by atoms with E-state index in [2.05, 4.69) is 4.98 Å². The molecule has 28 heavy (non-hydrogen) atoms. The summed E-state index contributed by atoms with van der Waals surface area (Å²) in [5.74, 6) is 1.41. The second kappa shape index (κ2) is 9.05. The first kappa shape index (κ1) is 20.1. The summed E-state index contributed by atoms with van der Waals surface area (Å²) in [6, 6.07) is 5.65. The van der Waals surface area contributed by atoms with Crippen molar-refractivity contribution in [3.63, 3.8) is 0 Å². The Hall–Kier alpha value is -2.61.